The molecule has 0 aromatic carbocycles. The first-order valence-electron chi connectivity index (χ1n) is 5.95. The summed E-state index contributed by atoms with van der Waals surface area (Å²) in [6.45, 7) is 0. The van der Waals surface area contributed by atoms with Gasteiger partial charge in [0.05, 0.1) is 0 Å². The van der Waals surface area contributed by atoms with Crippen molar-refractivity contribution in [3.63, 3.8) is 0 Å². The van der Waals surface area contributed by atoms with Crippen LogP contribution in [-0.2, 0) is 0 Å². The molecule has 2 atom stereocenters. The third-order valence-electron chi connectivity index (χ3n) is 3.87. The fourth-order valence-corrected chi connectivity index (χ4v) is 3.15. The predicted octanol–water partition coefficient (Wildman–Crippen LogP) is 3.54. The molecule has 0 nitrogen and oxygen atoms in total. The molecule has 1 heteroatoms. The fourth-order valence-electron chi connectivity index (χ4n) is 3.15. The highest BCUT2D eigenvalue weighted by atomic mass is 14.2. The van der Waals surface area contributed by atoms with Crippen molar-refractivity contribution in [3.05, 3.63) is 0 Å². The molecule has 12 heavy (non-hydrogen) atoms. The Labute approximate surface area is 77.4 Å². The molecule has 0 radical (unpaired) electrons. The first-order chi connectivity index (χ1) is 5.95. The van der Waals surface area contributed by atoms with Gasteiger partial charge >= 0.3 is 0 Å². The van der Waals surface area contributed by atoms with Crippen LogP contribution in [0.15, 0.2) is 0 Å². The summed E-state index contributed by atoms with van der Waals surface area (Å²) in [6, 6.07) is 0. The van der Waals surface area contributed by atoms with Crippen molar-refractivity contribution in [1.29, 1.82) is 0 Å². The molecule has 0 spiro atoms. The van der Waals surface area contributed by atoms with Crippen molar-refractivity contribution in [2.75, 3.05) is 0 Å². The van der Waals surface area contributed by atoms with Gasteiger partial charge < -0.3 is 0 Å². The predicted molar refractivity (Wildman–Crippen MR) is 56.2 cm³/mol. The van der Waals surface area contributed by atoms with E-state index in [1.54, 1.807) is 33.0 Å². The van der Waals surface area contributed by atoms with Crippen molar-refractivity contribution >= 4 is 7.28 Å². The first-order valence-corrected chi connectivity index (χ1v) is 5.95. The fraction of sp³-hybridized carbons (Fsp3) is 1.00. The molecule has 2 aliphatic heterocycles. The van der Waals surface area contributed by atoms with Crippen LogP contribution in [0.5, 0.6) is 0 Å². The molecule has 2 heterocycles. The van der Waals surface area contributed by atoms with E-state index in [1.165, 1.54) is 32.1 Å². The Morgan fingerprint density at radius 3 is 1.67 bits per heavy atom. The highest BCUT2D eigenvalue weighted by Crippen LogP contribution is 2.37. The van der Waals surface area contributed by atoms with E-state index in [2.05, 4.69) is 0 Å². The van der Waals surface area contributed by atoms with E-state index in [-0.39, 0.29) is 0 Å². The highest BCUT2D eigenvalue weighted by Gasteiger charge is 2.23. The van der Waals surface area contributed by atoms with E-state index in [9.17, 15) is 0 Å². The van der Waals surface area contributed by atoms with Crippen molar-refractivity contribution < 1.29 is 0 Å². The van der Waals surface area contributed by atoms with Gasteiger partial charge in [-0.25, -0.2) is 0 Å². The van der Waals surface area contributed by atoms with Gasteiger partial charge in [0.1, 0.15) is 7.28 Å². The standard InChI is InChI=1S/C11H21B/c1-2-4-7-11-9-5-8-10(12-11)6-3-1/h10-12H,1-9H2. The molecular weight excluding hydrogens is 143 g/mol. The van der Waals surface area contributed by atoms with Crippen LogP contribution in [0.4, 0.5) is 0 Å². The molecule has 0 aromatic rings. The average Bonchev–Trinajstić information content (AvgIpc) is 2.17. The van der Waals surface area contributed by atoms with Gasteiger partial charge in [-0.1, -0.05) is 69.4 Å². The van der Waals surface area contributed by atoms with Crippen LogP contribution < -0.4 is 0 Å². The molecule has 2 unspecified atom stereocenters. The van der Waals surface area contributed by atoms with Gasteiger partial charge in [0.25, 0.3) is 0 Å². The lowest BCUT2D eigenvalue weighted by Gasteiger charge is -2.26. The minimum atomic E-state index is 1.13. The Hall–Kier alpha value is 0.0649. The topological polar surface area (TPSA) is 0 Å². The van der Waals surface area contributed by atoms with Crippen LogP contribution in [0, 0.1) is 0 Å². The molecule has 2 rings (SSSR count). The van der Waals surface area contributed by atoms with Crippen LogP contribution in [-0.4, -0.2) is 7.28 Å². The second-order valence-corrected chi connectivity index (χ2v) is 4.89. The van der Waals surface area contributed by atoms with Crippen molar-refractivity contribution in [2.24, 2.45) is 0 Å². The Morgan fingerprint density at radius 2 is 1.08 bits per heavy atom. The lowest BCUT2D eigenvalue weighted by Crippen LogP contribution is -2.16. The largest absolute Gasteiger partial charge is 0.127 e. The summed E-state index contributed by atoms with van der Waals surface area (Å²) in [6.07, 6.45) is 13.8. The Kier molecular flexibility index (Phi) is 3.13. The third kappa shape index (κ3) is 2.28. The quantitative estimate of drug-likeness (QED) is 0.480. The Balaban J connectivity index is 1.88. The van der Waals surface area contributed by atoms with E-state index in [0.29, 0.717) is 0 Å². The normalized spacial score (nSPS) is 37.3. The van der Waals surface area contributed by atoms with Crippen molar-refractivity contribution in [1.82, 2.24) is 0 Å². The smallest absolute Gasteiger partial charge is 0.0654 e. The number of hydrogen-bond donors (Lipinski definition) is 0. The van der Waals surface area contributed by atoms with Gasteiger partial charge in [-0.05, 0) is 0 Å². The zero-order chi connectivity index (χ0) is 8.23. The van der Waals surface area contributed by atoms with Gasteiger partial charge in [0, 0.05) is 0 Å². The Morgan fingerprint density at radius 1 is 0.583 bits per heavy atom. The minimum absolute atomic E-state index is 1.13. The molecule has 2 aliphatic rings. The summed E-state index contributed by atoms with van der Waals surface area (Å²) >= 11 is 0. The highest BCUT2D eigenvalue weighted by molar-refractivity contribution is 6.39. The molecular formula is C11H21B. The van der Waals surface area contributed by atoms with Gasteiger partial charge in [-0.15, -0.1) is 0 Å². The molecule has 2 bridgehead atoms. The maximum atomic E-state index is 1.58. The van der Waals surface area contributed by atoms with Gasteiger partial charge in [-0.2, -0.15) is 0 Å². The number of fused-ring (bicyclic) bond motifs is 2. The van der Waals surface area contributed by atoms with Crippen LogP contribution in [0.2, 0.25) is 11.6 Å². The minimum Gasteiger partial charge on any atom is -0.0654 e. The summed E-state index contributed by atoms with van der Waals surface area (Å²) in [7, 11) is 1.58. The van der Waals surface area contributed by atoms with E-state index >= 15 is 0 Å². The lowest BCUT2D eigenvalue weighted by atomic mass is 9.47. The summed E-state index contributed by atoms with van der Waals surface area (Å²) in [5, 5.41) is 0. The molecule has 2 fully saturated rings. The van der Waals surface area contributed by atoms with Gasteiger partial charge in [0.15, 0.2) is 0 Å². The van der Waals surface area contributed by atoms with E-state index in [4.69, 9.17) is 0 Å². The third-order valence-corrected chi connectivity index (χ3v) is 3.87. The van der Waals surface area contributed by atoms with Crippen LogP contribution in [0.3, 0.4) is 0 Å². The summed E-state index contributed by atoms with van der Waals surface area (Å²) in [4.78, 5) is 0. The SMILES string of the molecule is B1C2CCCCCCC1CCC2. The molecule has 0 aliphatic carbocycles. The molecule has 0 aromatic heterocycles. The monoisotopic (exact) mass is 164 g/mol. The van der Waals surface area contributed by atoms with Crippen molar-refractivity contribution in [2.45, 2.75) is 69.4 Å². The molecule has 0 saturated carbocycles. The molecule has 0 N–H and O–H groups in total. The van der Waals surface area contributed by atoms with E-state index in [0.717, 1.165) is 11.6 Å². The van der Waals surface area contributed by atoms with E-state index < -0.39 is 0 Å². The zero-order valence-corrected chi connectivity index (χ0v) is 8.23. The summed E-state index contributed by atoms with van der Waals surface area (Å²) in [5.41, 5.74) is 0. The summed E-state index contributed by atoms with van der Waals surface area (Å²) < 4.78 is 0. The second kappa shape index (κ2) is 4.34. The zero-order valence-electron chi connectivity index (χ0n) is 8.23. The summed E-state index contributed by atoms with van der Waals surface area (Å²) in [5.74, 6) is 2.25. The number of hydrogen-bond acceptors (Lipinski definition) is 0. The van der Waals surface area contributed by atoms with Crippen molar-refractivity contribution in [3.8, 4) is 0 Å². The van der Waals surface area contributed by atoms with Crippen LogP contribution in [0.1, 0.15) is 57.8 Å². The maximum absolute atomic E-state index is 1.58. The molecule has 2 saturated heterocycles. The maximum Gasteiger partial charge on any atom is 0.127 e. The van der Waals surface area contributed by atoms with Crippen LogP contribution in [0.25, 0.3) is 0 Å². The van der Waals surface area contributed by atoms with Gasteiger partial charge in [-0.3, -0.25) is 0 Å². The molecule has 0 amide bonds. The van der Waals surface area contributed by atoms with E-state index in [1.807, 2.05) is 0 Å². The van der Waals surface area contributed by atoms with Gasteiger partial charge in [0.2, 0.25) is 0 Å². The second-order valence-electron chi connectivity index (χ2n) is 4.89. The Bertz CT molecular complexity index is 119. The number of rotatable bonds is 0. The average molecular weight is 164 g/mol. The molecule has 68 valence electrons. The first kappa shape index (κ1) is 8.65. The van der Waals surface area contributed by atoms with Crippen LogP contribution >= 0.6 is 0 Å². The lowest BCUT2D eigenvalue weighted by molar-refractivity contribution is 0.532.